The first-order valence-electron chi connectivity index (χ1n) is 5.60. The van der Waals surface area contributed by atoms with E-state index >= 15 is 0 Å². The molecule has 1 aromatic carbocycles. The van der Waals surface area contributed by atoms with Crippen molar-refractivity contribution in [1.82, 2.24) is 0 Å². The Morgan fingerprint density at radius 3 is 2.50 bits per heavy atom. The van der Waals surface area contributed by atoms with E-state index in [1.165, 1.54) is 18.2 Å². The van der Waals surface area contributed by atoms with Crippen molar-refractivity contribution in [2.75, 3.05) is 0 Å². The Labute approximate surface area is 104 Å². The Balaban J connectivity index is 2.06. The minimum Gasteiger partial charge on any atom is -0.366 e. The molecular formula is C14H13F2NO. The van der Waals surface area contributed by atoms with Crippen LogP contribution in [0.25, 0.3) is 0 Å². The van der Waals surface area contributed by atoms with Crippen molar-refractivity contribution in [1.29, 1.82) is 0 Å². The predicted molar refractivity (Wildman–Crippen MR) is 65.1 cm³/mol. The highest BCUT2D eigenvalue weighted by molar-refractivity contribution is 5.85. The molecule has 1 aromatic rings. The monoisotopic (exact) mass is 249 g/mol. The second kappa shape index (κ2) is 4.72. The van der Waals surface area contributed by atoms with Crippen molar-refractivity contribution in [2.24, 2.45) is 11.7 Å². The average Bonchev–Trinajstić information content (AvgIpc) is 2.87. The van der Waals surface area contributed by atoms with Crippen molar-refractivity contribution < 1.29 is 13.6 Å². The summed E-state index contributed by atoms with van der Waals surface area (Å²) in [5.41, 5.74) is 5.52. The maximum Gasteiger partial charge on any atom is 0.262 e. The summed E-state index contributed by atoms with van der Waals surface area (Å²) in [6, 6.07) is 8.69. The van der Waals surface area contributed by atoms with Crippen LogP contribution in [0.1, 0.15) is 11.5 Å². The third-order valence-electron chi connectivity index (χ3n) is 2.96. The van der Waals surface area contributed by atoms with E-state index in [1.807, 2.05) is 0 Å². The molecule has 1 unspecified atom stereocenters. The van der Waals surface area contributed by atoms with E-state index in [9.17, 15) is 13.6 Å². The third-order valence-corrected chi connectivity index (χ3v) is 2.96. The zero-order valence-electron chi connectivity index (χ0n) is 9.59. The van der Waals surface area contributed by atoms with Gasteiger partial charge in [-0.15, -0.1) is 0 Å². The molecule has 0 spiro atoms. The zero-order valence-corrected chi connectivity index (χ0v) is 9.59. The summed E-state index contributed by atoms with van der Waals surface area (Å²) >= 11 is 0. The molecule has 0 bridgehead atoms. The van der Waals surface area contributed by atoms with E-state index in [4.69, 9.17) is 5.73 Å². The first-order chi connectivity index (χ1) is 8.53. The highest BCUT2D eigenvalue weighted by Gasteiger charge is 2.67. The summed E-state index contributed by atoms with van der Waals surface area (Å²) in [7, 11) is 0. The van der Waals surface area contributed by atoms with Crippen LogP contribution in [0.4, 0.5) is 8.78 Å². The maximum atomic E-state index is 13.6. The number of halogens is 2. The number of hydrogen-bond acceptors (Lipinski definition) is 1. The molecule has 2 rings (SSSR count). The lowest BCUT2D eigenvalue weighted by atomic mass is 10.1. The fraction of sp³-hybridized carbons (Fsp3) is 0.214. The smallest absolute Gasteiger partial charge is 0.262 e. The molecule has 2 nitrogen and oxygen atoms in total. The van der Waals surface area contributed by atoms with Gasteiger partial charge in [-0.25, -0.2) is 8.78 Å². The lowest BCUT2D eigenvalue weighted by Gasteiger charge is -1.96. The van der Waals surface area contributed by atoms with Gasteiger partial charge < -0.3 is 5.73 Å². The number of allylic oxidation sites excluding steroid dienone is 3. The second-order valence-corrected chi connectivity index (χ2v) is 4.24. The third kappa shape index (κ3) is 2.47. The molecule has 0 heterocycles. The van der Waals surface area contributed by atoms with Gasteiger partial charge in [0.05, 0.1) is 11.8 Å². The molecule has 1 aliphatic rings. The van der Waals surface area contributed by atoms with Crippen LogP contribution < -0.4 is 5.73 Å². The molecular weight excluding hydrogens is 236 g/mol. The Hall–Kier alpha value is -1.97. The number of alkyl halides is 2. The summed E-state index contributed by atoms with van der Waals surface area (Å²) in [6.07, 6.45) is 5.36. The van der Waals surface area contributed by atoms with Crippen LogP contribution in [0.5, 0.6) is 0 Å². The van der Waals surface area contributed by atoms with Crippen molar-refractivity contribution >= 4 is 5.91 Å². The second-order valence-electron chi connectivity index (χ2n) is 4.24. The first-order valence-corrected chi connectivity index (χ1v) is 5.60. The molecule has 1 fully saturated rings. The molecule has 1 saturated carbocycles. The topological polar surface area (TPSA) is 43.1 Å². The molecule has 0 aliphatic heterocycles. The standard InChI is InChI=1S/C14H13F2NO/c15-14(16)11(8-4-5-9-12(17)18)13(14)10-6-2-1-3-7-10/h1-9,11,13H,(H2,17,18)/t11?,13-/m1/s1. The zero-order chi connectivity index (χ0) is 13.2. The van der Waals surface area contributed by atoms with Gasteiger partial charge in [0.15, 0.2) is 0 Å². The van der Waals surface area contributed by atoms with Gasteiger partial charge >= 0.3 is 0 Å². The summed E-state index contributed by atoms with van der Waals surface area (Å²) in [5.74, 6) is -4.88. The van der Waals surface area contributed by atoms with Gasteiger partial charge in [0.25, 0.3) is 5.92 Å². The number of carbonyl (C=O) groups excluding carboxylic acids is 1. The van der Waals surface area contributed by atoms with Gasteiger partial charge in [-0.2, -0.15) is 0 Å². The number of benzene rings is 1. The number of nitrogens with two attached hydrogens (primary N) is 1. The first kappa shape index (κ1) is 12.5. The van der Waals surface area contributed by atoms with E-state index in [2.05, 4.69) is 0 Å². The van der Waals surface area contributed by atoms with Crippen molar-refractivity contribution in [2.45, 2.75) is 11.8 Å². The summed E-state index contributed by atoms with van der Waals surface area (Å²) in [6.45, 7) is 0. The van der Waals surface area contributed by atoms with E-state index in [0.717, 1.165) is 6.08 Å². The normalized spacial score (nSPS) is 25.7. The van der Waals surface area contributed by atoms with Gasteiger partial charge in [-0.3, -0.25) is 4.79 Å². The Kier molecular flexibility index (Phi) is 3.28. The largest absolute Gasteiger partial charge is 0.366 e. The molecule has 0 saturated heterocycles. The van der Waals surface area contributed by atoms with Crippen LogP contribution in [-0.2, 0) is 4.79 Å². The lowest BCUT2D eigenvalue weighted by molar-refractivity contribution is -0.113. The highest BCUT2D eigenvalue weighted by atomic mass is 19.3. The average molecular weight is 249 g/mol. The Bertz CT molecular complexity index is 494. The molecule has 0 aromatic heterocycles. The Morgan fingerprint density at radius 1 is 1.22 bits per heavy atom. The summed E-state index contributed by atoms with van der Waals surface area (Å²) < 4.78 is 27.1. The van der Waals surface area contributed by atoms with Crippen molar-refractivity contribution in [3.05, 3.63) is 60.2 Å². The van der Waals surface area contributed by atoms with Crippen LogP contribution in [0.2, 0.25) is 0 Å². The van der Waals surface area contributed by atoms with Gasteiger partial charge in [-0.1, -0.05) is 48.6 Å². The molecule has 0 radical (unpaired) electrons. The highest BCUT2D eigenvalue weighted by Crippen LogP contribution is 2.62. The van der Waals surface area contributed by atoms with Gasteiger partial charge in [0, 0.05) is 6.08 Å². The fourth-order valence-electron chi connectivity index (χ4n) is 2.01. The number of primary amides is 1. The number of hydrogen-bond donors (Lipinski definition) is 1. The summed E-state index contributed by atoms with van der Waals surface area (Å²) in [4.78, 5) is 10.4. The van der Waals surface area contributed by atoms with Crippen molar-refractivity contribution in [3.63, 3.8) is 0 Å². The van der Waals surface area contributed by atoms with E-state index in [0.29, 0.717) is 5.56 Å². The van der Waals surface area contributed by atoms with Gasteiger partial charge in [-0.05, 0) is 5.56 Å². The van der Waals surface area contributed by atoms with Crippen LogP contribution in [0.15, 0.2) is 54.6 Å². The van der Waals surface area contributed by atoms with Crippen LogP contribution in [0, 0.1) is 5.92 Å². The van der Waals surface area contributed by atoms with Crippen LogP contribution >= 0.6 is 0 Å². The van der Waals surface area contributed by atoms with Gasteiger partial charge in [0.1, 0.15) is 0 Å². The molecule has 1 aliphatic carbocycles. The number of rotatable bonds is 4. The maximum absolute atomic E-state index is 13.6. The van der Waals surface area contributed by atoms with E-state index in [1.54, 1.807) is 30.3 Å². The molecule has 2 atom stereocenters. The van der Waals surface area contributed by atoms with E-state index < -0.39 is 23.7 Å². The quantitative estimate of drug-likeness (QED) is 0.647. The van der Waals surface area contributed by atoms with Gasteiger partial charge in [0.2, 0.25) is 5.91 Å². The molecule has 2 N–H and O–H groups in total. The summed E-state index contributed by atoms with van der Waals surface area (Å²) in [5, 5.41) is 0. The SMILES string of the molecule is NC(=O)C=CC=CC1[C@@H](c2ccccc2)C1(F)F. The molecule has 94 valence electrons. The number of carbonyl (C=O) groups is 1. The number of amides is 1. The van der Waals surface area contributed by atoms with Crippen LogP contribution in [0.3, 0.4) is 0 Å². The molecule has 18 heavy (non-hydrogen) atoms. The van der Waals surface area contributed by atoms with Crippen molar-refractivity contribution in [3.8, 4) is 0 Å². The minimum absolute atomic E-state index is 0.596. The lowest BCUT2D eigenvalue weighted by Crippen LogP contribution is -2.04. The van der Waals surface area contributed by atoms with E-state index in [-0.39, 0.29) is 0 Å². The predicted octanol–water partition coefficient (Wildman–Crippen LogP) is 2.63. The molecule has 1 amide bonds. The fourth-order valence-corrected chi connectivity index (χ4v) is 2.01. The Morgan fingerprint density at radius 2 is 1.89 bits per heavy atom. The molecule has 4 heteroatoms. The van der Waals surface area contributed by atoms with Crippen LogP contribution in [-0.4, -0.2) is 11.8 Å². The minimum atomic E-state index is -2.71.